The number of nitrogens with zero attached hydrogens (tertiary/aromatic N) is 5. The minimum absolute atomic E-state index is 0.218. The molecular formula is C37H40N6O2S. The first-order chi connectivity index (χ1) is 22.3. The van der Waals surface area contributed by atoms with Crippen LogP contribution in [0.3, 0.4) is 0 Å². The standard InChI is InChI=1S/C37H40N6O2S/c1-27-11-15-30(16-12-27)33(20-25-43-23-4-5-24-43)34-10-6-8-31(41-34)9-7-22-42(3)46(44,45)32-17-13-29(14-18-32)26-36-37-35(19-21-38-36)39-28(2)40-37/h6-21H,4-5,22-26H2,1-3H3,(H,39,40). The third kappa shape index (κ3) is 7.33. The summed E-state index contributed by atoms with van der Waals surface area (Å²) in [5.74, 6) is 0.836. The molecule has 0 atom stereocenters. The maximum absolute atomic E-state index is 13.4. The molecule has 0 radical (unpaired) electrons. The molecule has 1 fully saturated rings. The summed E-state index contributed by atoms with van der Waals surface area (Å²) >= 11 is 0. The van der Waals surface area contributed by atoms with Crippen LogP contribution in [0.1, 0.15) is 52.4 Å². The summed E-state index contributed by atoms with van der Waals surface area (Å²) in [6, 6.07) is 23.5. The van der Waals surface area contributed by atoms with E-state index in [9.17, 15) is 8.42 Å². The number of imidazole rings is 1. The Kier molecular flexibility index (Phi) is 9.53. The highest BCUT2D eigenvalue weighted by molar-refractivity contribution is 7.89. The number of likely N-dealkylation sites (tertiary alicyclic amines) is 1. The molecule has 8 nitrogen and oxygen atoms in total. The van der Waals surface area contributed by atoms with Gasteiger partial charge >= 0.3 is 0 Å². The summed E-state index contributed by atoms with van der Waals surface area (Å²) in [6.07, 6.45) is 10.8. The number of hydrogen-bond acceptors (Lipinski definition) is 6. The molecule has 1 aliphatic heterocycles. The molecule has 5 aromatic rings. The van der Waals surface area contributed by atoms with Crippen molar-refractivity contribution in [3.8, 4) is 0 Å². The van der Waals surface area contributed by atoms with Gasteiger partial charge in [0.05, 0.1) is 27.5 Å². The lowest BCUT2D eigenvalue weighted by Crippen LogP contribution is -2.27. The van der Waals surface area contributed by atoms with Crippen LogP contribution in [0.5, 0.6) is 0 Å². The van der Waals surface area contributed by atoms with Gasteiger partial charge in [-0.15, -0.1) is 0 Å². The number of H-pyrrole nitrogens is 1. The zero-order chi connectivity index (χ0) is 32.1. The van der Waals surface area contributed by atoms with Crippen molar-refractivity contribution >= 4 is 32.7 Å². The van der Waals surface area contributed by atoms with Crippen LogP contribution in [0.4, 0.5) is 0 Å². The fourth-order valence-electron chi connectivity index (χ4n) is 5.80. The van der Waals surface area contributed by atoms with Gasteiger partial charge in [0.25, 0.3) is 0 Å². The quantitative estimate of drug-likeness (QED) is 0.181. The van der Waals surface area contributed by atoms with Gasteiger partial charge in [-0.1, -0.05) is 60.2 Å². The zero-order valence-electron chi connectivity index (χ0n) is 26.6. The number of nitrogens with one attached hydrogen (secondary N) is 1. The first-order valence-corrected chi connectivity index (χ1v) is 17.2. The first-order valence-electron chi connectivity index (χ1n) is 15.8. The van der Waals surface area contributed by atoms with Gasteiger partial charge in [-0.3, -0.25) is 9.88 Å². The van der Waals surface area contributed by atoms with Crippen molar-refractivity contribution in [1.29, 1.82) is 0 Å². The summed E-state index contributed by atoms with van der Waals surface area (Å²) in [4.78, 5) is 20.0. The molecule has 0 amide bonds. The highest BCUT2D eigenvalue weighted by Gasteiger charge is 2.20. The van der Waals surface area contributed by atoms with E-state index in [0.29, 0.717) is 6.42 Å². The molecule has 1 saturated heterocycles. The molecule has 0 unspecified atom stereocenters. The van der Waals surface area contributed by atoms with Crippen LogP contribution in [0.15, 0.2) is 96.0 Å². The Morgan fingerprint density at radius 3 is 2.48 bits per heavy atom. The number of aryl methyl sites for hydroxylation is 2. The Bertz CT molecular complexity index is 1970. The van der Waals surface area contributed by atoms with Crippen LogP contribution in [0.2, 0.25) is 0 Å². The van der Waals surface area contributed by atoms with Gasteiger partial charge in [-0.2, -0.15) is 4.31 Å². The monoisotopic (exact) mass is 632 g/mol. The maximum Gasteiger partial charge on any atom is 0.243 e. The number of aromatic nitrogens is 4. The Morgan fingerprint density at radius 2 is 1.72 bits per heavy atom. The number of hydrogen-bond donors (Lipinski definition) is 1. The van der Waals surface area contributed by atoms with Crippen molar-refractivity contribution in [3.63, 3.8) is 0 Å². The molecule has 9 heteroatoms. The van der Waals surface area contributed by atoms with Crippen molar-refractivity contribution in [3.05, 3.63) is 131 Å². The van der Waals surface area contributed by atoms with Crippen LogP contribution in [-0.2, 0) is 16.4 Å². The number of pyridine rings is 2. The summed E-state index contributed by atoms with van der Waals surface area (Å²) in [7, 11) is -2.08. The second kappa shape index (κ2) is 13.9. The van der Waals surface area contributed by atoms with Crippen molar-refractivity contribution in [2.24, 2.45) is 0 Å². The fourth-order valence-corrected chi connectivity index (χ4v) is 6.92. The van der Waals surface area contributed by atoms with Gasteiger partial charge in [0.1, 0.15) is 11.3 Å². The summed E-state index contributed by atoms with van der Waals surface area (Å²) in [6.45, 7) is 7.39. The van der Waals surface area contributed by atoms with E-state index in [0.717, 1.165) is 70.3 Å². The molecule has 4 heterocycles. The van der Waals surface area contributed by atoms with Gasteiger partial charge in [-0.25, -0.2) is 18.4 Å². The molecule has 6 rings (SSSR count). The van der Waals surface area contributed by atoms with Crippen molar-refractivity contribution < 1.29 is 8.42 Å². The van der Waals surface area contributed by atoms with Crippen LogP contribution >= 0.6 is 0 Å². The summed E-state index contributed by atoms with van der Waals surface area (Å²) in [5, 5.41) is 0. The fraction of sp³-hybridized carbons (Fsp3) is 0.270. The SMILES string of the molecule is Cc1ccc(C(=CCN2CCCC2)c2cccc(C=CCN(C)S(=O)(=O)c3ccc(Cc4nccc5[nH]c(C)nc45)cc3)n2)cc1. The Morgan fingerprint density at radius 1 is 0.957 bits per heavy atom. The lowest BCUT2D eigenvalue weighted by molar-refractivity contribution is 0.377. The summed E-state index contributed by atoms with van der Waals surface area (Å²) < 4.78 is 28.1. The molecule has 0 bridgehead atoms. The summed E-state index contributed by atoms with van der Waals surface area (Å²) in [5.41, 5.74) is 8.75. The Labute approximate surface area is 271 Å². The van der Waals surface area contributed by atoms with E-state index in [1.807, 2.05) is 55.5 Å². The van der Waals surface area contributed by atoms with Gasteiger partial charge in [-0.05, 0) is 87.3 Å². The predicted octanol–water partition coefficient (Wildman–Crippen LogP) is 6.42. The third-order valence-electron chi connectivity index (χ3n) is 8.41. The van der Waals surface area contributed by atoms with E-state index >= 15 is 0 Å². The molecule has 1 N–H and O–H groups in total. The third-order valence-corrected chi connectivity index (χ3v) is 10.2. The molecule has 2 aromatic carbocycles. The molecule has 1 aliphatic rings. The van der Waals surface area contributed by atoms with E-state index in [4.69, 9.17) is 4.98 Å². The normalized spacial score (nSPS) is 14.7. The van der Waals surface area contributed by atoms with E-state index in [-0.39, 0.29) is 11.4 Å². The number of likely N-dealkylation sites (N-methyl/N-ethyl adjacent to an activating group) is 1. The van der Waals surface area contributed by atoms with Crippen LogP contribution < -0.4 is 0 Å². The number of sulfonamides is 1. The number of benzene rings is 2. The minimum atomic E-state index is -3.68. The average Bonchev–Trinajstić information content (AvgIpc) is 3.72. The molecule has 46 heavy (non-hydrogen) atoms. The van der Waals surface area contributed by atoms with E-state index in [1.165, 1.54) is 22.7 Å². The molecular weight excluding hydrogens is 593 g/mol. The Hall–Kier alpha value is -4.44. The average molecular weight is 633 g/mol. The zero-order valence-corrected chi connectivity index (χ0v) is 27.5. The lowest BCUT2D eigenvalue weighted by Gasteiger charge is -2.16. The van der Waals surface area contributed by atoms with Gasteiger partial charge in [0, 0.05) is 38.3 Å². The van der Waals surface area contributed by atoms with Gasteiger partial charge in [0.15, 0.2) is 0 Å². The number of aromatic amines is 1. The lowest BCUT2D eigenvalue weighted by atomic mass is 10.00. The number of rotatable bonds is 11. The van der Waals surface area contributed by atoms with Crippen molar-refractivity contribution in [2.45, 2.75) is 38.0 Å². The smallest absolute Gasteiger partial charge is 0.243 e. The van der Waals surface area contributed by atoms with Crippen molar-refractivity contribution in [1.82, 2.24) is 29.1 Å². The van der Waals surface area contributed by atoms with Gasteiger partial charge in [0.2, 0.25) is 10.0 Å². The van der Waals surface area contributed by atoms with E-state index in [2.05, 4.69) is 57.1 Å². The highest BCUT2D eigenvalue weighted by Crippen LogP contribution is 2.24. The predicted molar refractivity (Wildman–Crippen MR) is 185 cm³/mol. The van der Waals surface area contributed by atoms with E-state index in [1.54, 1.807) is 25.4 Å². The molecule has 0 spiro atoms. The highest BCUT2D eigenvalue weighted by atomic mass is 32.2. The molecule has 0 saturated carbocycles. The first kappa shape index (κ1) is 31.5. The van der Waals surface area contributed by atoms with Gasteiger partial charge < -0.3 is 4.98 Å². The van der Waals surface area contributed by atoms with Crippen LogP contribution in [0, 0.1) is 13.8 Å². The maximum atomic E-state index is 13.4. The van der Waals surface area contributed by atoms with Crippen LogP contribution in [0.25, 0.3) is 22.7 Å². The number of fused-ring (bicyclic) bond motifs is 1. The largest absolute Gasteiger partial charge is 0.342 e. The topological polar surface area (TPSA) is 95.1 Å². The minimum Gasteiger partial charge on any atom is -0.342 e. The molecule has 0 aliphatic carbocycles. The van der Waals surface area contributed by atoms with E-state index < -0.39 is 10.0 Å². The second-order valence-corrected chi connectivity index (χ2v) is 14.0. The Balaban J connectivity index is 1.13. The molecule has 236 valence electrons. The molecule has 3 aromatic heterocycles. The second-order valence-electron chi connectivity index (χ2n) is 11.9. The van der Waals surface area contributed by atoms with Crippen LogP contribution in [-0.4, -0.2) is 70.8 Å². The van der Waals surface area contributed by atoms with Crippen molar-refractivity contribution in [2.75, 3.05) is 33.2 Å².